The molecule has 0 saturated heterocycles. The van der Waals surface area contributed by atoms with Crippen molar-refractivity contribution in [3.63, 3.8) is 0 Å². The van der Waals surface area contributed by atoms with Crippen LogP contribution in [0.5, 0.6) is 0 Å². The molecule has 2 aromatic rings. The van der Waals surface area contributed by atoms with Crippen LogP contribution < -0.4 is 0 Å². The fraction of sp³-hybridized carbons (Fsp3) is 0.333. The molecule has 1 aliphatic carbocycles. The Kier molecular flexibility index (Phi) is 4.44. The number of benzene rings is 2. The predicted octanol–water partition coefficient (Wildman–Crippen LogP) is 6.48. The van der Waals surface area contributed by atoms with E-state index in [1.165, 1.54) is 27.8 Å². The lowest BCUT2D eigenvalue weighted by atomic mass is 9.81. The van der Waals surface area contributed by atoms with Crippen molar-refractivity contribution >= 4 is 22.6 Å². The van der Waals surface area contributed by atoms with Gasteiger partial charge in [-0.3, -0.25) is 0 Å². The van der Waals surface area contributed by atoms with Crippen LogP contribution in [0.3, 0.4) is 0 Å². The highest BCUT2D eigenvalue weighted by atomic mass is 127. The molecule has 3 rings (SSSR count). The summed E-state index contributed by atoms with van der Waals surface area (Å²) in [5, 5.41) is 0. The van der Waals surface area contributed by atoms with Crippen molar-refractivity contribution in [2.24, 2.45) is 0 Å². The quantitative estimate of drug-likeness (QED) is 0.312. The summed E-state index contributed by atoms with van der Waals surface area (Å²) < 4.78 is 1.08. The first-order chi connectivity index (χ1) is 10.6. The van der Waals surface area contributed by atoms with Gasteiger partial charge in [0.2, 0.25) is 0 Å². The molecule has 0 amide bonds. The van der Waals surface area contributed by atoms with Crippen molar-refractivity contribution in [3.8, 4) is 11.1 Å². The van der Waals surface area contributed by atoms with E-state index in [0.29, 0.717) is 5.92 Å². The van der Waals surface area contributed by atoms with Gasteiger partial charge in [0.1, 0.15) is 0 Å². The second-order valence-corrected chi connectivity index (χ2v) is 7.45. The minimum atomic E-state index is 0.104. The fourth-order valence-corrected chi connectivity index (χ4v) is 3.94. The minimum Gasteiger partial charge on any atom is -0.0819 e. The Morgan fingerprint density at radius 2 is 1.77 bits per heavy atom. The third-order valence-corrected chi connectivity index (χ3v) is 5.44. The van der Waals surface area contributed by atoms with Crippen LogP contribution in [0.15, 0.2) is 54.6 Å². The standard InChI is InChI=1S/C21H23I/c1-4-15(8-7-13-22)16-11-12-18-17-9-5-6-10-19(17)21(2,3)20(18)14-16/h5-12,14-15H,4,13H2,1-3H3/b8-7-. The number of rotatable bonds is 4. The molecule has 0 heterocycles. The molecular formula is C21H23I. The van der Waals surface area contributed by atoms with Gasteiger partial charge in [0.25, 0.3) is 0 Å². The molecule has 0 radical (unpaired) electrons. The maximum Gasteiger partial charge on any atom is 0.0176 e. The van der Waals surface area contributed by atoms with E-state index in [4.69, 9.17) is 0 Å². The lowest BCUT2D eigenvalue weighted by Crippen LogP contribution is -2.15. The van der Waals surface area contributed by atoms with Crippen LogP contribution in [0.2, 0.25) is 0 Å². The molecule has 114 valence electrons. The second kappa shape index (κ2) is 6.19. The van der Waals surface area contributed by atoms with Gasteiger partial charge in [-0.25, -0.2) is 0 Å². The normalized spacial score (nSPS) is 16.5. The molecular weight excluding hydrogens is 379 g/mol. The lowest BCUT2D eigenvalue weighted by Gasteiger charge is -2.23. The van der Waals surface area contributed by atoms with Crippen LogP contribution in [0.4, 0.5) is 0 Å². The SMILES string of the molecule is CCC(/C=C\CI)c1ccc2c(c1)C(C)(C)c1ccccc1-2. The molecule has 0 bridgehead atoms. The van der Waals surface area contributed by atoms with Gasteiger partial charge < -0.3 is 0 Å². The van der Waals surface area contributed by atoms with Gasteiger partial charge in [-0.05, 0) is 34.2 Å². The van der Waals surface area contributed by atoms with Gasteiger partial charge in [-0.15, -0.1) is 0 Å². The fourth-order valence-electron chi connectivity index (χ4n) is 3.65. The second-order valence-electron chi connectivity index (χ2n) is 6.57. The van der Waals surface area contributed by atoms with Gasteiger partial charge in [-0.2, -0.15) is 0 Å². The maximum atomic E-state index is 2.45. The molecule has 0 aliphatic heterocycles. The van der Waals surface area contributed by atoms with Crippen LogP contribution in [0.25, 0.3) is 11.1 Å². The Bertz CT molecular complexity index is 710. The monoisotopic (exact) mass is 402 g/mol. The molecule has 1 unspecified atom stereocenters. The Morgan fingerprint density at radius 1 is 1.05 bits per heavy atom. The van der Waals surface area contributed by atoms with Crippen molar-refractivity contribution in [1.29, 1.82) is 0 Å². The molecule has 0 fully saturated rings. The van der Waals surface area contributed by atoms with Crippen molar-refractivity contribution < 1.29 is 0 Å². The average Bonchev–Trinajstić information content (AvgIpc) is 2.77. The van der Waals surface area contributed by atoms with E-state index in [-0.39, 0.29) is 5.41 Å². The zero-order chi connectivity index (χ0) is 15.7. The molecule has 2 aromatic carbocycles. The number of hydrogen-bond acceptors (Lipinski definition) is 0. The van der Waals surface area contributed by atoms with Crippen molar-refractivity contribution in [1.82, 2.24) is 0 Å². The molecule has 0 aromatic heterocycles. The summed E-state index contributed by atoms with van der Waals surface area (Å²) in [5.74, 6) is 0.527. The highest BCUT2D eigenvalue weighted by Gasteiger charge is 2.35. The highest BCUT2D eigenvalue weighted by molar-refractivity contribution is 14.1. The summed E-state index contributed by atoms with van der Waals surface area (Å²) in [5.41, 5.74) is 7.31. The molecule has 0 spiro atoms. The molecule has 1 aliphatic rings. The minimum absolute atomic E-state index is 0.104. The third-order valence-electron chi connectivity index (χ3n) is 4.93. The summed E-state index contributed by atoms with van der Waals surface area (Å²) in [6, 6.07) is 15.9. The molecule has 1 heteroatoms. The summed E-state index contributed by atoms with van der Waals surface area (Å²) in [7, 11) is 0. The van der Waals surface area contributed by atoms with E-state index in [1.54, 1.807) is 0 Å². The predicted molar refractivity (Wildman–Crippen MR) is 105 cm³/mol. The molecule has 22 heavy (non-hydrogen) atoms. The smallest absolute Gasteiger partial charge is 0.0176 e. The number of hydrogen-bond donors (Lipinski definition) is 0. The number of halogens is 1. The molecule has 1 atom stereocenters. The van der Waals surface area contributed by atoms with E-state index in [9.17, 15) is 0 Å². The molecule has 0 nitrogen and oxygen atoms in total. The van der Waals surface area contributed by atoms with Gasteiger partial charge in [0.05, 0.1) is 0 Å². The molecule has 0 saturated carbocycles. The molecule has 0 N–H and O–H groups in total. The van der Waals surface area contributed by atoms with E-state index >= 15 is 0 Å². The van der Waals surface area contributed by atoms with E-state index < -0.39 is 0 Å². The first-order valence-corrected chi connectivity index (χ1v) is 9.59. The number of alkyl halides is 1. The zero-order valence-corrected chi connectivity index (χ0v) is 15.7. The van der Waals surface area contributed by atoms with E-state index in [2.05, 4.69) is 98.0 Å². The Balaban J connectivity index is 2.09. The number of fused-ring (bicyclic) bond motifs is 3. The van der Waals surface area contributed by atoms with Crippen LogP contribution in [0.1, 0.15) is 49.8 Å². The van der Waals surface area contributed by atoms with Crippen molar-refractivity contribution in [2.75, 3.05) is 4.43 Å². The number of allylic oxidation sites excluding steroid dienone is 2. The highest BCUT2D eigenvalue weighted by Crippen LogP contribution is 2.49. The van der Waals surface area contributed by atoms with E-state index in [1.807, 2.05) is 0 Å². The van der Waals surface area contributed by atoms with Crippen LogP contribution >= 0.6 is 22.6 Å². The van der Waals surface area contributed by atoms with Gasteiger partial charge in [0.15, 0.2) is 0 Å². The van der Waals surface area contributed by atoms with E-state index in [0.717, 1.165) is 10.8 Å². The van der Waals surface area contributed by atoms with Crippen molar-refractivity contribution in [3.05, 3.63) is 71.3 Å². The summed E-state index contributed by atoms with van der Waals surface area (Å²) in [4.78, 5) is 0. The van der Waals surface area contributed by atoms with Gasteiger partial charge in [-0.1, -0.05) is 98.0 Å². The average molecular weight is 402 g/mol. The zero-order valence-electron chi connectivity index (χ0n) is 13.6. The largest absolute Gasteiger partial charge is 0.0819 e. The van der Waals surface area contributed by atoms with Crippen LogP contribution in [-0.4, -0.2) is 4.43 Å². The van der Waals surface area contributed by atoms with Crippen LogP contribution in [0, 0.1) is 0 Å². The topological polar surface area (TPSA) is 0 Å². The van der Waals surface area contributed by atoms with Gasteiger partial charge >= 0.3 is 0 Å². The summed E-state index contributed by atoms with van der Waals surface area (Å²) >= 11 is 2.40. The summed E-state index contributed by atoms with van der Waals surface area (Å²) in [6.45, 7) is 6.97. The van der Waals surface area contributed by atoms with Crippen molar-refractivity contribution in [2.45, 2.75) is 38.5 Å². The maximum absolute atomic E-state index is 2.45. The lowest BCUT2D eigenvalue weighted by molar-refractivity contribution is 0.657. The van der Waals surface area contributed by atoms with Crippen LogP contribution in [-0.2, 0) is 5.41 Å². The Morgan fingerprint density at radius 3 is 2.50 bits per heavy atom. The third kappa shape index (κ3) is 2.54. The summed E-state index contributed by atoms with van der Waals surface area (Å²) in [6.07, 6.45) is 5.80. The van der Waals surface area contributed by atoms with Gasteiger partial charge in [0, 0.05) is 15.8 Å². The Labute approximate surface area is 147 Å². The Hall–Kier alpha value is -1.09. The first-order valence-electron chi connectivity index (χ1n) is 8.06. The first kappa shape index (κ1) is 15.8.